The van der Waals surface area contributed by atoms with Crippen LogP contribution in [0.3, 0.4) is 0 Å². The molecular formula is C20H36N2O7. The fourth-order valence-corrected chi connectivity index (χ4v) is 2.34. The van der Waals surface area contributed by atoms with Crippen molar-refractivity contribution in [3.8, 4) is 0 Å². The molecule has 1 aromatic carbocycles. The van der Waals surface area contributed by atoms with E-state index in [9.17, 15) is 9.59 Å². The molecule has 0 atom stereocenters. The van der Waals surface area contributed by atoms with Gasteiger partial charge in [0.2, 0.25) is 0 Å². The molecule has 0 radical (unpaired) electrons. The minimum Gasteiger partial charge on any atom is -0.378 e. The zero-order valence-electron chi connectivity index (χ0n) is 18.1. The van der Waals surface area contributed by atoms with Gasteiger partial charge in [-0.3, -0.25) is 9.59 Å². The first-order valence-corrected chi connectivity index (χ1v) is 10.2. The van der Waals surface area contributed by atoms with Gasteiger partial charge in [-0.1, -0.05) is 0 Å². The summed E-state index contributed by atoms with van der Waals surface area (Å²) in [5, 5.41) is 5.92. The molecule has 0 aromatic heterocycles. The van der Waals surface area contributed by atoms with Crippen LogP contribution in [0, 0.1) is 0 Å². The van der Waals surface area contributed by atoms with Crippen LogP contribution in [0.25, 0.3) is 0 Å². The third-order valence-electron chi connectivity index (χ3n) is 3.69. The monoisotopic (exact) mass is 416 g/mol. The molecule has 29 heavy (non-hydrogen) atoms. The Bertz CT molecular complexity index is 612. The van der Waals surface area contributed by atoms with Crippen molar-refractivity contribution in [3.05, 3.63) is 20.4 Å². The first-order chi connectivity index (χ1) is 13.9. The highest BCUT2D eigenvalue weighted by Crippen LogP contribution is 2.14. The van der Waals surface area contributed by atoms with E-state index in [2.05, 4.69) is 10.6 Å². The summed E-state index contributed by atoms with van der Waals surface area (Å²) in [5.41, 5.74) is -0.241. The molecule has 0 unspecified atom stereocenters. The third-order valence-corrected chi connectivity index (χ3v) is 3.69. The van der Waals surface area contributed by atoms with Crippen LogP contribution in [0.4, 0.5) is 11.4 Å². The fraction of sp³-hybridized carbons (Fsp3) is 0.800. The van der Waals surface area contributed by atoms with Crippen LogP contribution >= 0.6 is 0 Å². The van der Waals surface area contributed by atoms with Crippen LogP contribution < -0.4 is 21.5 Å². The van der Waals surface area contributed by atoms with Crippen molar-refractivity contribution in [2.24, 2.45) is 0 Å². The summed E-state index contributed by atoms with van der Waals surface area (Å²) in [7, 11) is 0. The highest BCUT2D eigenvalue weighted by Gasteiger charge is 2.20. The molecule has 0 bridgehead atoms. The number of rotatable bonds is 19. The summed E-state index contributed by atoms with van der Waals surface area (Å²) >= 11 is 0. The van der Waals surface area contributed by atoms with Crippen LogP contribution in [0.5, 0.6) is 0 Å². The second kappa shape index (κ2) is 15.3. The van der Waals surface area contributed by atoms with Crippen molar-refractivity contribution in [2.75, 3.05) is 76.6 Å². The summed E-state index contributed by atoms with van der Waals surface area (Å²) in [6.45, 7) is 12.8. The van der Waals surface area contributed by atoms with E-state index in [-0.39, 0.29) is 12.1 Å². The van der Waals surface area contributed by atoms with E-state index in [0.717, 1.165) is 0 Å². The Morgan fingerprint density at radius 2 is 1.10 bits per heavy atom. The fourth-order valence-electron chi connectivity index (χ4n) is 2.34. The Labute approximate surface area is 172 Å². The zero-order chi connectivity index (χ0) is 21.5. The van der Waals surface area contributed by atoms with Gasteiger partial charge in [0.25, 0.3) is 10.9 Å². The lowest BCUT2D eigenvalue weighted by molar-refractivity contribution is -0.0171. The number of nitrogens with one attached hydrogen (secondary N) is 2. The van der Waals surface area contributed by atoms with Gasteiger partial charge in [0, 0.05) is 12.6 Å². The number of ether oxygens (including phenoxy) is 5. The largest absolute Gasteiger partial charge is 0.378 e. The van der Waals surface area contributed by atoms with Crippen molar-refractivity contribution in [1.29, 1.82) is 0 Å². The minimum atomic E-state index is -0.481. The van der Waals surface area contributed by atoms with Crippen molar-refractivity contribution in [3.63, 3.8) is 0 Å². The minimum absolute atomic E-state index is 0.0908. The number of hydrogen-bond donors (Lipinski definition) is 2. The van der Waals surface area contributed by atoms with Gasteiger partial charge in [0.05, 0.1) is 65.6 Å². The molecule has 0 aliphatic carbocycles. The molecule has 1 aromatic rings. The van der Waals surface area contributed by atoms with Gasteiger partial charge in [-0.2, -0.15) is 0 Å². The molecule has 2 N–H and O–H groups in total. The Morgan fingerprint density at radius 1 is 0.655 bits per heavy atom. The van der Waals surface area contributed by atoms with Gasteiger partial charge in [0.1, 0.15) is 11.4 Å². The van der Waals surface area contributed by atoms with Crippen LogP contribution in [-0.2, 0) is 23.7 Å². The van der Waals surface area contributed by atoms with Crippen molar-refractivity contribution >= 4 is 11.4 Å². The molecule has 0 aliphatic heterocycles. The maximum atomic E-state index is 11.6. The average Bonchev–Trinajstić information content (AvgIpc) is 2.68. The summed E-state index contributed by atoms with van der Waals surface area (Å²) in [6.07, 6.45) is 0.224. The van der Waals surface area contributed by atoms with E-state index in [0.29, 0.717) is 77.4 Å². The van der Waals surface area contributed by atoms with Crippen molar-refractivity contribution < 1.29 is 23.7 Å². The highest BCUT2D eigenvalue weighted by molar-refractivity contribution is 5.74. The maximum absolute atomic E-state index is 11.6. The molecule has 0 spiro atoms. The van der Waals surface area contributed by atoms with Gasteiger partial charge in [0.15, 0.2) is 0 Å². The standard InChI is InChI=1S/C20H36N2O7/c1-15(2)22-18-17(19(23)20(18)24)21-5-6-25-7-8-26-9-10-27-11-12-28-13-14-29-16(3)4/h15-16,21-22H,5-14H2,1-4H3. The van der Waals surface area contributed by atoms with E-state index >= 15 is 0 Å². The Balaban J connectivity index is 1.87. The van der Waals surface area contributed by atoms with Gasteiger partial charge in [-0.05, 0) is 27.7 Å². The molecule has 0 aliphatic rings. The van der Waals surface area contributed by atoms with E-state index in [1.807, 2.05) is 27.7 Å². The van der Waals surface area contributed by atoms with E-state index in [1.54, 1.807) is 0 Å². The molecule has 1 rings (SSSR count). The van der Waals surface area contributed by atoms with Gasteiger partial charge in [-0.15, -0.1) is 0 Å². The van der Waals surface area contributed by atoms with E-state index in [4.69, 9.17) is 23.7 Å². The van der Waals surface area contributed by atoms with Crippen LogP contribution in [0.2, 0.25) is 0 Å². The van der Waals surface area contributed by atoms with Gasteiger partial charge < -0.3 is 34.3 Å². The lowest BCUT2D eigenvalue weighted by Gasteiger charge is -2.16. The van der Waals surface area contributed by atoms with Crippen LogP contribution in [-0.4, -0.2) is 78.2 Å². The summed E-state index contributed by atoms with van der Waals surface area (Å²) < 4.78 is 27.0. The Hall–Kier alpha value is -1.52. The summed E-state index contributed by atoms with van der Waals surface area (Å²) in [4.78, 5) is 23.1. The van der Waals surface area contributed by atoms with Gasteiger partial charge in [-0.25, -0.2) is 0 Å². The Morgan fingerprint density at radius 3 is 1.59 bits per heavy atom. The topological polar surface area (TPSA) is 104 Å². The van der Waals surface area contributed by atoms with Crippen LogP contribution in [0.15, 0.2) is 9.59 Å². The van der Waals surface area contributed by atoms with Gasteiger partial charge >= 0.3 is 0 Å². The Kier molecular flexibility index (Phi) is 13.5. The smallest absolute Gasteiger partial charge is 0.253 e. The van der Waals surface area contributed by atoms with Crippen molar-refractivity contribution in [2.45, 2.75) is 39.8 Å². The zero-order valence-corrected chi connectivity index (χ0v) is 18.1. The number of hydrogen-bond acceptors (Lipinski definition) is 9. The summed E-state index contributed by atoms with van der Waals surface area (Å²) in [5.74, 6) is 0. The second-order valence-corrected chi connectivity index (χ2v) is 7.00. The number of anilines is 2. The molecule has 0 heterocycles. The molecular weight excluding hydrogens is 380 g/mol. The lowest BCUT2D eigenvalue weighted by atomic mass is 10.1. The normalized spacial score (nSPS) is 11.7. The molecule has 9 heteroatoms. The van der Waals surface area contributed by atoms with Crippen LogP contribution in [0.1, 0.15) is 27.7 Å². The second-order valence-electron chi connectivity index (χ2n) is 7.00. The first-order valence-electron chi connectivity index (χ1n) is 10.2. The lowest BCUT2D eigenvalue weighted by Crippen LogP contribution is -2.39. The third kappa shape index (κ3) is 11.3. The highest BCUT2D eigenvalue weighted by atomic mass is 16.6. The molecule has 0 fully saturated rings. The molecule has 0 saturated carbocycles. The predicted octanol–water partition coefficient (Wildman–Crippen LogP) is 1.01. The molecule has 168 valence electrons. The molecule has 0 saturated heterocycles. The summed E-state index contributed by atoms with van der Waals surface area (Å²) in [6, 6.07) is 0.0908. The van der Waals surface area contributed by atoms with E-state index in [1.165, 1.54) is 0 Å². The maximum Gasteiger partial charge on any atom is 0.253 e. The molecule has 9 nitrogen and oxygen atoms in total. The molecule has 0 amide bonds. The predicted molar refractivity (Wildman–Crippen MR) is 113 cm³/mol. The quantitative estimate of drug-likeness (QED) is 0.252. The van der Waals surface area contributed by atoms with E-state index < -0.39 is 10.9 Å². The first kappa shape index (κ1) is 25.5. The average molecular weight is 417 g/mol. The van der Waals surface area contributed by atoms with Crippen molar-refractivity contribution in [1.82, 2.24) is 0 Å². The SMILES string of the molecule is CC(C)Nc1c(NCCOCCOCCOCCOCCOC(C)C)c(=O)c1=O.